The van der Waals surface area contributed by atoms with Crippen LogP contribution in [0.1, 0.15) is 12.8 Å². The normalized spacial score (nSPS) is 14.3. The van der Waals surface area contributed by atoms with Gasteiger partial charge in [-0.1, -0.05) is 6.07 Å². The minimum absolute atomic E-state index is 0.212. The Bertz CT molecular complexity index is 1180. The third kappa shape index (κ3) is 2.39. The van der Waals surface area contributed by atoms with Gasteiger partial charge in [0, 0.05) is 17.9 Å². The average Bonchev–Trinajstić information content (AvgIpc) is 3.33. The Morgan fingerprint density at radius 2 is 2.12 bits per heavy atom. The molecule has 1 aliphatic rings. The largest absolute Gasteiger partial charge is 0.382 e. The summed E-state index contributed by atoms with van der Waals surface area (Å²) in [4.78, 5) is 22.6. The van der Waals surface area contributed by atoms with Gasteiger partial charge < -0.3 is 5.32 Å². The Morgan fingerprint density at radius 1 is 1.24 bits per heavy atom. The van der Waals surface area contributed by atoms with Crippen LogP contribution in [0, 0.1) is 5.82 Å². The molecule has 1 saturated carbocycles. The first kappa shape index (κ1) is 14.5. The molecule has 5 rings (SSSR count). The van der Waals surface area contributed by atoms with E-state index in [1.54, 1.807) is 18.3 Å². The maximum Gasteiger partial charge on any atom is 0.275 e. The molecule has 0 radical (unpaired) electrons. The summed E-state index contributed by atoms with van der Waals surface area (Å²) >= 11 is 1.32. The predicted molar refractivity (Wildman–Crippen MR) is 97.1 cm³/mol. The van der Waals surface area contributed by atoms with Crippen molar-refractivity contribution in [3.8, 4) is 5.69 Å². The number of fused-ring (bicyclic) bond motifs is 3. The predicted octanol–water partition coefficient (Wildman–Crippen LogP) is 3.71. The highest BCUT2D eigenvalue weighted by Gasteiger charge is 2.23. The number of benzene rings is 1. The van der Waals surface area contributed by atoms with E-state index in [0.717, 1.165) is 28.7 Å². The molecule has 0 spiro atoms. The van der Waals surface area contributed by atoms with Crippen molar-refractivity contribution >= 4 is 37.5 Å². The first-order valence-electron chi connectivity index (χ1n) is 8.02. The lowest BCUT2D eigenvalue weighted by Gasteiger charge is -2.07. The molecule has 1 aliphatic carbocycles. The van der Waals surface area contributed by atoms with Gasteiger partial charge in [0.25, 0.3) is 5.56 Å². The van der Waals surface area contributed by atoms with Gasteiger partial charge in [0.2, 0.25) is 0 Å². The van der Waals surface area contributed by atoms with E-state index >= 15 is 0 Å². The van der Waals surface area contributed by atoms with Crippen LogP contribution in [0.15, 0.2) is 47.7 Å². The highest BCUT2D eigenvalue weighted by atomic mass is 32.1. The van der Waals surface area contributed by atoms with Gasteiger partial charge in [0.15, 0.2) is 0 Å². The maximum atomic E-state index is 13.5. The summed E-state index contributed by atoms with van der Waals surface area (Å²) in [6, 6.07) is 8.34. The Hall–Kier alpha value is -2.80. The fourth-order valence-corrected chi connectivity index (χ4v) is 3.98. The third-order valence-corrected chi connectivity index (χ3v) is 5.38. The van der Waals surface area contributed by atoms with Crippen molar-refractivity contribution in [1.29, 1.82) is 0 Å². The fraction of sp³-hybridized carbons (Fsp3) is 0.167. The highest BCUT2D eigenvalue weighted by Crippen LogP contribution is 2.36. The number of rotatable bonds is 3. The number of hydrogen-bond acceptors (Lipinski definition) is 5. The quantitative estimate of drug-likeness (QED) is 0.611. The first-order chi connectivity index (χ1) is 12.2. The van der Waals surface area contributed by atoms with E-state index in [2.05, 4.69) is 15.3 Å². The van der Waals surface area contributed by atoms with Crippen molar-refractivity contribution in [2.45, 2.75) is 18.9 Å². The number of nitrogens with zero attached hydrogens (tertiary/aromatic N) is 3. The molecule has 25 heavy (non-hydrogen) atoms. The van der Waals surface area contributed by atoms with Crippen molar-refractivity contribution < 1.29 is 4.39 Å². The van der Waals surface area contributed by atoms with Crippen LogP contribution in [0.3, 0.4) is 0 Å². The highest BCUT2D eigenvalue weighted by molar-refractivity contribution is 7.25. The Kier molecular flexibility index (Phi) is 3.11. The van der Waals surface area contributed by atoms with E-state index in [-0.39, 0.29) is 5.56 Å². The number of anilines is 1. The van der Waals surface area contributed by atoms with E-state index in [1.807, 2.05) is 6.07 Å². The van der Waals surface area contributed by atoms with Crippen LogP contribution in [-0.2, 0) is 0 Å². The molecule has 0 bridgehead atoms. The van der Waals surface area contributed by atoms with Gasteiger partial charge in [0.05, 0.1) is 16.6 Å². The lowest BCUT2D eigenvalue weighted by Crippen LogP contribution is -2.17. The van der Waals surface area contributed by atoms with Gasteiger partial charge >= 0.3 is 0 Å². The van der Waals surface area contributed by atoms with Gasteiger partial charge in [-0.05, 0) is 37.1 Å². The van der Waals surface area contributed by atoms with Crippen LogP contribution in [0.25, 0.3) is 26.1 Å². The molecule has 3 heterocycles. The molecule has 5 nitrogen and oxygen atoms in total. The monoisotopic (exact) mass is 352 g/mol. The Balaban J connectivity index is 1.76. The van der Waals surface area contributed by atoms with E-state index in [4.69, 9.17) is 0 Å². The lowest BCUT2D eigenvalue weighted by atomic mass is 10.2. The van der Waals surface area contributed by atoms with Crippen LogP contribution in [0.5, 0.6) is 0 Å². The summed E-state index contributed by atoms with van der Waals surface area (Å²) in [6.07, 6.45) is 5.52. The molecule has 0 aliphatic heterocycles. The van der Waals surface area contributed by atoms with Crippen molar-refractivity contribution in [3.05, 3.63) is 59.0 Å². The molecule has 1 N–H and O–H groups in total. The average molecular weight is 352 g/mol. The van der Waals surface area contributed by atoms with Gasteiger partial charge in [-0.15, -0.1) is 11.3 Å². The van der Waals surface area contributed by atoms with Gasteiger partial charge in [0.1, 0.15) is 21.7 Å². The summed E-state index contributed by atoms with van der Waals surface area (Å²) in [6.45, 7) is 0. The maximum absolute atomic E-state index is 13.5. The standard InChI is InChI=1S/C18H13FN4OS/c19-10-2-1-3-12(8-10)23-9-21-15-14-13(22-11-4-5-11)6-7-20-17(14)25-16(15)18(23)24/h1-3,6-9,11H,4-5H2,(H,20,22). The number of thiophene rings is 1. The molecule has 4 aromatic rings. The number of pyridine rings is 1. The topological polar surface area (TPSA) is 59.8 Å². The van der Waals surface area contributed by atoms with Crippen molar-refractivity contribution in [3.63, 3.8) is 0 Å². The third-order valence-electron chi connectivity index (χ3n) is 4.31. The minimum atomic E-state index is -0.390. The fourth-order valence-electron chi connectivity index (χ4n) is 2.93. The zero-order valence-corrected chi connectivity index (χ0v) is 13.9. The van der Waals surface area contributed by atoms with E-state index < -0.39 is 5.82 Å². The first-order valence-corrected chi connectivity index (χ1v) is 8.84. The van der Waals surface area contributed by atoms with Crippen molar-refractivity contribution in [2.75, 3.05) is 5.32 Å². The van der Waals surface area contributed by atoms with Gasteiger partial charge in [-0.2, -0.15) is 0 Å². The van der Waals surface area contributed by atoms with Crippen LogP contribution in [0.4, 0.5) is 10.1 Å². The summed E-state index contributed by atoms with van der Waals surface area (Å²) in [7, 11) is 0. The molecule has 0 atom stereocenters. The van der Waals surface area contributed by atoms with Gasteiger partial charge in [-0.25, -0.2) is 14.4 Å². The van der Waals surface area contributed by atoms with Crippen LogP contribution in [-0.4, -0.2) is 20.6 Å². The number of aromatic nitrogens is 3. The summed E-state index contributed by atoms with van der Waals surface area (Å²) in [5.74, 6) is -0.390. The molecule has 0 amide bonds. The Morgan fingerprint density at radius 3 is 2.92 bits per heavy atom. The van der Waals surface area contributed by atoms with Crippen molar-refractivity contribution in [2.24, 2.45) is 0 Å². The van der Waals surface area contributed by atoms with E-state index in [9.17, 15) is 9.18 Å². The number of hydrogen-bond donors (Lipinski definition) is 1. The molecular formula is C18H13FN4OS. The zero-order valence-electron chi connectivity index (χ0n) is 13.1. The number of halogens is 1. The second-order valence-electron chi connectivity index (χ2n) is 6.14. The van der Waals surface area contributed by atoms with E-state index in [0.29, 0.717) is 21.9 Å². The molecular weight excluding hydrogens is 339 g/mol. The second kappa shape index (κ2) is 5.35. The smallest absolute Gasteiger partial charge is 0.275 e. The zero-order chi connectivity index (χ0) is 17.0. The summed E-state index contributed by atoms with van der Waals surface area (Å²) in [5, 5.41) is 4.37. The molecule has 7 heteroatoms. The molecule has 0 saturated heterocycles. The van der Waals surface area contributed by atoms with Gasteiger partial charge in [-0.3, -0.25) is 9.36 Å². The molecule has 0 unspecified atom stereocenters. The molecule has 124 valence electrons. The number of nitrogens with one attached hydrogen (secondary N) is 1. The Labute approximate surface area is 145 Å². The van der Waals surface area contributed by atoms with E-state index in [1.165, 1.54) is 34.4 Å². The minimum Gasteiger partial charge on any atom is -0.382 e. The molecule has 1 fully saturated rings. The molecule has 3 aromatic heterocycles. The summed E-state index contributed by atoms with van der Waals surface area (Å²) in [5.41, 5.74) is 1.86. The van der Waals surface area contributed by atoms with Crippen LogP contribution in [0.2, 0.25) is 0 Å². The lowest BCUT2D eigenvalue weighted by molar-refractivity contribution is 0.626. The second-order valence-corrected chi connectivity index (χ2v) is 7.14. The van der Waals surface area contributed by atoms with Crippen LogP contribution < -0.4 is 10.9 Å². The molecule has 1 aromatic carbocycles. The van der Waals surface area contributed by atoms with Crippen molar-refractivity contribution in [1.82, 2.24) is 14.5 Å². The summed E-state index contributed by atoms with van der Waals surface area (Å²) < 4.78 is 15.4. The SMILES string of the molecule is O=c1c2sc3nccc(NC4CC4)c3c2ncn1-c1cccc(F)c1. The van der Waals surface area contributed by atoms with Crippen LogP contribution >= 0.6 is 11.3 Å².